The van der Waals surface area contributed by atoms with E-state index in [-0.39, 0.29) is 11.8 Å². The Hall–Kier alpha value is -1.12. The van der Waals surface area contributed by atoms with Crippen LogP contribution in [0.1, 0.15) is 51.9 Å². The summed E-state index contributed by atoms with van der Waals surface area (Å²) in [6.07, 6.45) is 10.4. The number of unbranched alkanes of at least 4 members (excludes halogenated alkanes) is 5. The van der Waals surface area contributed by atoms with Crippen molar-refractivity contribution >= 4 is 11.8 Å². The Morgan fingerprint density at radius 2 is 1.69 bits per heavy atom. The highest BCUT2D eigenvalue weighted by atomic mass is 16.5. The quantitative estimate of drug-likeness (QED) is 0.345. The van der Waals surface area contributed by atoms with Gasteiger partial charge in [-0.25, -0.2) is 0 Å². The van der Waals surface area contributed by atoms with E-state index in [1.165, 1.54) is 7.11 Å². The molecule has 0 aromatic rings. The Bertz CT molecular complexity index is 231. The number of esters is 1. The Kier molecular flexibility index (Phi) is 9.67. The first kappa shape index (κ1) is 14.9. The van der Waals surface area contributed by atoms with Crippen LogP contribution in [0.4, 0.5) is 0 Å². The van der Waals surface area contributed by atoms with Gasteiger partial charge in [0.25, 0.3) is 0 Å². The zero-order chi connectivity index (χ0) is 12.2. The van der Waals surface area contributed by atoms with Gasteiger partial charge in [0, 0.05) is 6.42 Å². The summed E-state index contributed by atoms with van der Waals surface area (Å²) in [5.74, 6) is -0.0116. The van der Waals surface area contributed by atoms with Crippen molar-refractivity contribution in [1.29, 1.82) is 0 Å². The van der Waals surface area contributed by atoms with Gasteiger partial charge in [0.15, 0.2) is 5.78 Å². The summed E-state index contributed by atoms with van der Waals surface area (Å²) in [5.41, 5.74) is 0. The molecule has 0 saturated carbocycles. The van der Waals surface area contributed by atoms with Gasteiger partial charge in [-0.1, -0.05) is 25.3 Å². The lowest BCUT2D eigenvalue weighted by Gasteiger charge is -1.99. The van der Waals surface area contributed by atoms with Gasteiger partial charge in [-0.2, -0.15) is 0 Å². The van der Waals surface area contributed by atoms with Gasteiger partial charge in [-0.3, -0.25) is 9.59 Å². The van der Waals surface area contributed by atoms with Crippen molar-refractivity contribution in [2.45, 2.75) is 51.9 Å². The van der Waals surface area contributed by atoms with E-state index >= 15 is 0 Å². The number of ether oxygens (including phenoxy) is 1. The number of carbonyl (C=O) groups is 2. The lowest BCUT2D eigenvalue weighted by Crippen LogP contribution is -1.99. The largest absolute Gasteiger partial charge is 0.469 e. The van der Waals surface area contributed by atoms with Crippen LogP contribution in [0.5, 0.6) is 0 Å². The summed E-state index contributed by atoms with van der Waals surface area (Å²) in [6.45, 7) is 1.56. The van der Waals surface area contributed by atoms with Crippen LogP contribution < -0.4 is 0 Å². The van der Waals surface area contributed by atoms with Crippen LogP contribution in [0.3, 0.4) is 0 Å². The Morgan fingerprint density at radius 3 is 2.31 bits per heavy atom. The van der Waals surface area contributed by atoms with E-state index in [1.54, 1.807) is 13.0 Å². The number of hydrogen-bond acceptors (Lipinski definition) is 3. The minimum atomic E-state index is -0.121. The second kappa shape index (κ2) is 10.4. The minimum absolute atomic E-state index is 0.109. The molecule has 0 aliphatic rings. The summed E-state index contributed by atoms with van der Waals surface area (Å²) >= 11 is 0. The van der Waals surface area contributed by atoms with Crippen molar-refractivity contribution in [3.05, 3.63) is 12.2 Å². The predicted molar refractivity (Wildman–Crippen MR) is 64.2 cm³/mol. The number of methoxy groups -OCH3 is 1. The van der Waals surface area contributed by atoms with E-state index in [9.17, 15) is 9.59 Å². The van der Waals surface area contributed by atoms with E-state index in [1.807, 2.05) is 6.08 Å². The molecule has 0 aliphatic carbocycles. The average molecular weight is 226 g/mol. The molecule has 3 heteroatoms. The van der Waals surface area contributed by atoms with Crippen molar-refractivity contribution in [3.8, 4) is 0 Å². The fraction of sp³-hybridized carbons (Fsp3) is 0.692. The maximum absolute atomic E-state index is 10.8. The summed E-state index contributed by atoms with van der Waals surface area (Å²) in [7, 11) is 1.42. The van der Waals surface area contributed by atoms with Gasteiger partial charge >= 0.3 is 5.97 Å². The van der Waals surface area contributed by atoms with Crippen LogP contribution in [-0.2, 0) is 14.3 Å². The molecule has 0 amide bonds. The molecular formula is C13H22O3. The molecule has 0 N–H and O–H groups in total. The molecule has 0 spiro atoms. The smallest absolute Gasteiger partial charge is 0.305 e. The van der Waals surface area contributed by atoms with Gasteiger partial charge < -0.3 is 4.74 Å². The van der Waals surface area contributed by atoms with Crippen LogP contribution in [0.2, 0.25) is 0 Å². The molecule has 16 heavy (non-hydrogen) atoms. The Labute approximate surface area is 97.9 Å². The minimum Gasteiger partial charge on any atom is -0.469 e. The molecule has 0 aliphatic heterocycles. The third kappa shape index (κ3) is 11.0. The SMILES string of the molecule is COC(=O)CCCCCCC/C=C/C(C)=O. The molecular weight excluding hydrogens is 204 g/mol. The van der Waals surface area contributed by atoms with E-state index in [0.29, 0.717) is 6.42 Å². The lowest BCUT2D eigenvalue weighted by molar-refractivity contribution is -0.140. The highest BCUT2D eigenvalue weighted by Crippen LogP contribution is 2.07. The number of hydrogen-bond donors (Lipinski definition) is 0. The van der Waals surface area contributed by atoms with Crippen LogP contribution in [0, 0.1) is 0 Å². The fourth-order valence-electron chi connectivity index (χ4n) is 1.41. The van der Waals surface area contributed by atoms with Crippen molar-refractivity contribution in [1.82, 2.24) is 0 Å². The van der Waals surface area contributed by atoms with Gasteiger partial charge in [-0.05, 0) is 32.3 Å². The molecule has 0 aromatic carbocycles. The van der Waals surface area contributed by atoms with Gasteiger partial charge in [-0.15, -0.1) is 0 Å². The predicted octanol–water partition coefficient (Wildman–Crippen LogP) is 3.04. The van der Waals surface area contributed by atoms with Crippen LogP contribution in [0.15, 0.2) is 12.2 Å². The second-order valence-corrected chi connectivity index (χ2v) is 3.90. The molecule has 3 nitrogen and oxygen atoms in total. The Balaban J connectivity index is 3.16. The average Bonchev–Trinajstić information content (AvgIpc) is 2.26. The number of carbonyl (C=O) groups excluding carboxylic acids is 2. The lowest BCUT2D eigenvalue weighted by atomic mass is 10.1. The summed E-state index contributed by atoms with van der Waals surface area (Å²) in [6, 6.07) is 0. The highest BCUT2D eigenvalue weighted by Gasteiger charge is 1.98. The number of rotatable bonds is 9. The molecule has 0 radical (unpaired) electrons. The van der Waals surface area contributed by atoms with E-state index in [0.717, 1.165) is 38.5 Å². The number of allylic oxidation sites excluding steroid dienone is 2. The topological polar surface area (TPSA) is 43.4 Å². The van der Waals surface area contributed by atoms with E-state index in [2.05, 4.69) is 4.74 Å². The van der Waals surface area contributed by atoms with Crippen molar-refractivity contribution in [3.63, 3.8) is 0 Å². The van der Waals surface area contributed by atoms with Crippen LogP contribution >= 0.6 is 0 Å². The monoisotopic (exact) mass is 226 g/mol. The number of ketones is 1. The van der Waals surface area contributed by atoms with Crippen molar-refractivity contribution in [2.75, 3.05) is 7.11 Å². The highest BCUT2D eigenvalue weighted by molar-refractivity contribution is 5.87. The molecule has 0 rings (SSSR count). The first-order valence-corrected chi connectivity index (χ1v) is 5.90. The maximum Gasteiger partial charge on any atom is 0.305 e. The van der Waals surface area contributed by atoms with Crippen molar-refractivity contribution in [2.24, 2.45) is 0 Å². The Morgan fingerprint density at radius 1 is 1.06 bits per heavy atom. The molecule has 0 atom stereocenters. The molecule has 0 aromatic heterocycles. The summed E-state index contributed by atoms with van der Waals surface area (Å²) in [4.78, 5) is 21.4. The molecule has 92 valence electrons. The first-order chi connectivity index (χ1) is 7.66. The summed E-state index contributed by atoms with van der Waals surface area (Å²) < 4.78 is 4.55. The summed E-state index contributed by atoms with van der Waals surface area (Å²) in [5, 5.41) is 0. The van der Waals surface area contributed by atoms with E-state index in [4.69, 9.17) is 0 Å². The van der Waals surface area contributed by atoms with Crippen LogP contribution in [0.25, 0.3) is 0 Å². The van der Waals surface area contributed by atoms with Gasteiger partial charge in [0.2, 0.25) is 0 Å². The normalized spacial score (nSPS) is 10.6. The zero-order valence-corrected chi connectivity index (χ0v) is 10.3. The molecule has 0 saturated heterocycles. The first-order valence-electron chi connectivity index (χ1n) is 5.90. The second-order valence-electron chi connectivity index (χ2n) is 3.90. The zero-order valence-electron chi connectivity index (χ0n) is 10.3. The van der Waals surface area contributed by atoms with Crippen LogP contribution in [-0.4, -0.2) is 18.9 Å². The van der Waals surface area contributed by atoms with Gasteiger partial charge in [0.05, 0.1) is 7.11 Å². The maximum atomic E-state index is 10.8. The third-order valence-electron chi connectivity index (χ3n) is 2.33. The molecule has 0 heterocycles. The third-order valence-corrected chi connectivity index (χ3v) is 2.33. The standard InChI is InChI=1S/C13H22O3/c1-12(14)10-8-6-4-3-5-7-9-11-13(15)16-2/h8,10H,3-7,9,11H2,1-2H3/b10-8+. The molecule has 0 fully saturated rings. The molecule has 0 unspecified atom stereocenters. The van der Waals surface area contributed by atoms with Crippen molar-refractivity contribution < 1.29 is 14.3 Å². The fourth-order valence-corrected chi connectivity index (χ4v) is 1.41. The van der Waals surface area contributed by atoms with Gasteiger partial charge in [0.1, 0.15) is 0 Å². The van der Waals surface area contributed by atoms with E-state index < -0.39 is 0 Å². The molecule has 0 bridgehead atoms.